The number of hydrogen-bond acceptors (Lipinski definition) is 2. The summed E-state index contributed by atoms with van der Waals surface area (Å²) in [5.74, 6) is -0.247. The highest BCUT2D eigenvalue weighted by Crippen LogP contribution is 2.17. The fourth-order valence-electron chi connectivity index (χ4n) is 1.49. The van der Waals surface area contributed by atoms with Gasteiger partial charge in [-0.15, -0.1) is 0 Å². The van der Waals surface area contributed by atoms with Crippen LogP contribution < -0.4 is 0 Å². The second kappa shape index (κ2) is 4.90. The van der Waals surface area contributed by atoms with Crippen molar-refractivity contribution in [2.24, 2.45) is 0 Å². The lowest BCUT2D eigenvalue weighted by Crippen LogP contribution is -2.00. The summed E-state index contributed by atoms with van der Waals surface area (Å²) in [4.78, 5) is 0. The zero-order valence-corrected chi connectivity index (χ0v) is 8.81. The fraction of sp³-hybridized carbons (Fsp3) is 0.250. The molecule has 3 nitrogen and oxygen atoms in total. The van der Waals surface area contributed by atoms with Crippen LogP contribution in [0.2, 0.25) is 0 Å². The van der Waals surface area contributed by atoms with Crippen molar-refractivity contribution in [2.45, 2.75) is 13.0 Å². The fourth-order valence-corrected chi connectivity index (χ4v) is 1.49. The Hall–Kier alpha value is -1.68. The molecule has 0 saturated heterocycles. The van der Waals surface area contributed by atoms with E-state index in [0.29, 0.717) is 13.0 Å². The SMILES string of the molecule is OCCCn1ccc(-c2ccc(F)cc2)n1. The van der Waals surface area contributed by atoms with E-state index in [0.717, 1.165) is 11.3 Å². The van der Waals surface area contributed by atoms with Crippen LogP contribution in [0.3, 0.4) is 0 Å². The van der Waals surface area contributed by atoms with Crippen LogP contribution >= 0.6 is 0 Å². The van der Waals surface area contributed by atoms with Gasteiger partial charge in [0.05, 0.1) is 5.69 Å². The predicted molar refractivity (Wildman–Crippen MR) is 59.3 cm³/mol. The molecule has 1 aromatic heterocycles. The van der Waals surface area contributed by atoms with Gasteiger partial charge in [-0.3, -0.25) is 4.68 Å². The Bertz CT molecular complexity index is 450. The van der Waals surface area contributed by atoms with Gasteiger partial charge in [0.2, 0.25) is 0 Å². The largest absolute Gasteiger partial charge is 0.396 e. The van der Waals surface area contributed by atoms with Gasteiger partial charge in [0, 0.05) is 24.9 Å². The molecular formula is C12H13FN2O. The van der Waals surface area contributed by atoms with E-state index < -0.39 is 0 Å². The Kier molecular flexibility index (Phi) is 3.31. The highest BCUT2D eigenvalue weighted by atomic mass is 19.1. The Morgan fingerprint density at radius 1 is 1.19 bits per heavy atom. The van der Waals surface area contributed by atoms with Gasteiger partial charge < -0.3 is 5.11 Å². The summed E-state index contributed by atoms with van der Waals surface area (Å²) in [5, 5.41) is 13.0. The average Bonchev–Trinajstić information content (AvgIpc) is 2.76. The van der Waals surface area contributed by atoms with Crippen molar-refractivity contribution in [3.05, 3.63) is 42.3 Å². The van der Waals surface area contributed by atoms with Crippen LogP contribution in [0.4, 0.5) is 4.39 Å². The van der Waals surface area contributed by atoms with Crippen LogP contribution in [-0.4, -0.2) is 21.5 Å². The van der Waals surface area contributed by atoms with Crippen LogP contribution in [0.5, 0.6) is 0 Å². The van der Waals surface area contributed by atoms with Gasteiger partial charge in [-0.1, -0.05) is 0 Å². The molecule has 0 saturated carbocycles. The molecule has 0 bridgehead atoms. The lowest BCUT2D eigenvalue weighted by molar-refractivity contribution is 0.277. The molecule has 2 aromatic rings. The van der Waals surface area contributed by atoms with Crippen LogP contribution in [-0.2, 0) is 6.54 Å². The zero-order valence-electron chi connectivity index (χ0n) is 8.81. The first-order chi connectivity index (χ1) is 7.79. The maximum atomic E-state index is 12.7. The van der Waals surface area contributed by atoms with Gasteiger partial charge in [-0.2, -0.15) is 5.10 Å². The third kappa shape index (κ3) is 2.46. The molecule has 4 heteroatoms. The quantitative estimate of drug-likeness (QED) is 0.856. The van der Waals surface area contributed by atoms with Crippen LogP contribution in [0.15, 0.2) is 36.5 Å². The Morgan fingerprint density at radius 2 is 1.94 bits per heavy atom. The number of nitrogens with zero attached hydrogens (tertiary/aromatic N) is 2. The normalized spacial score (nSPS) is 10.6. The van der Waals surface area contributed by atoms with E-state index in [4.69, 9.17) is 5.11 Å². The predicted octanol–water partition coefficient (Wildman–Crippen LogP) is 2.07. The van der Waals surface area contributed by atoms with Crippen molar-refractivity contribution in [1.82, 2.24) is 9.78 Å². The van der Waals surface area contributed by atoms with Gasteiger partial charge in [-0.25, -0.2) is 4.39 Å². The van der Waals surface area contributed by atoms with Crippen molar-refractivity contribution in [3.63, 3.8) is 0 Å². The van der Waals surface area contributed by atoms with E-state index in [1.807, 2.05) is 12.3 Å². The lowest BCUT2D eigenvalue weighted by Gasteiger charge is -1.99. The molecule has 0 unspecified atom stereocenters. The summed E-state index contributed by atoms with van der Waals surface area (Å²) in [5.41, 5.74) is 1.71. The summed E-state index contributed by atoms with van der Waals surface area (Å²) in [6.07, 6.45) is 2.54. The van der Waals surface area contributed by atoms with Crippen molar-refractivity contribution < 1.29 is 9.50 Å². The number of hydrogen-bond donors (Lipinski definition) is 1. The first kappa shape index (κ1) is 10.8. The molecule has 0 aliphatic heterocycles. The summed E-state index contributed by atoms with van der Waals surface area (Å²) in [6.45, 7) is 0.851. The number of benzene rings is 1. The van der Waals surface area contributed by atoms with E-state index >= 15 is 0 Å². The van der Waals surface area contributed by atoms with Gasteiger partial charge in [0.15, 0.2) is 0 Å². The summed E-state index contributed by atoms with van der Waals surface area (Å²) >= 11 is 0. The van der Waals surface area contributed by atoms with E-state index in [1.54, 1.807) is 16.8 Å². The number of aromatic nitrogens is 2. The monoisotopic (exact) mass is 220 g/mol. The molecule has 1 aromatic carbocycles. The lowest BCUT2D eigenvalue weighted by atomic mass is 10.1. The van der Waals surface area contributed by atoms with Gasteiger partial charge in [0.25, 0.3) is 0 Å². The smallest absolute Gasteiger partial charge is 0.123 e. The minimum atomic E-state index is -0.247. The third-order valence-electron chi connectivity index (χ3n) is 2.33. The molecule has 1 heterocycles. The summed E-state index contributed by atoms with van der Waals surface area (Å²) < 4.78 is 14.5. The second-order valence-electron chi connectivity index (χ2n) is 3.55. The Balaban J connectivity index is 2.15. The van der Waals surface area contributed by atoms with Crippen LogP contribution in [0, 0.1) is 5.82 Å². The van der Waals surface area contributed by atoms with Gasteiger partial charge >= 0.3 is 0 Å². The number of rotatable bonds is 4. The highest BCUT2D eigenvalue weighted by Gasteiger charge is 2.02. The third-order valence-corrected chi connectivity index (χ3v) is 2.33. The summed E-state index contributed by atoms with van der Waals surface area (Å²) in [6, 6.07) is 8.12. The van der Waals surface area contributed by atoms with Crippen LogP contribution in [0.1, 0.15) is 6.42 Å². The molecule has 0 spiro atoms. The van der Waals surface area contributed by atoms with Crippen molar-refractivity contribution >= 4 is 0 Å². The van der Waals surface area contributed by atoms with Crippen LogP contribution in [0.25, 0.3) is 11.3 Å². The van der Waals surface area contributed by atoms with Crippen molar-refractivity contribution in [3.8, 4) is 11.3 Å². The standard InChI is InChI=1S/C12H13FN2O/c13-11-4-2-10(3-5-11)12-6-8-15(14-12)7-1-9-16/h2-6,8,16H,1,7,9H2. The van der Waals surface area contributed by atoms with Gasteiger partial charge in [0.1, 0.15) is 5.82 Å². The van der Waals surface area contributed by atoms with E-state index in [9.17, 15) is 4.39 Å². The molecule has 84 valence electrons. The number of aliphatic hydroxyl groups is 1. The average molecular weight is 220 g/mol. The van der Waals surface area contributed by atoms with E-state index in [-0.39, 0.29) is 12.4 Å². The molecule has 1 N–H and O–H groups in total. The molecule has 0 aliphatic rings. The molecule has 0 radical (unpaired) electrons. The summed E-state index contributed by atoms with van der Waals surface area (Å²) in [7, 11) is 0. The van der Waals surface area contributed by atoms with Gasteiger partial charge in [-0.05, 0) is 36.8 Å². The molecular weight excluding hydrogens is 207 g/mol. The minimum Gasteiger partial charge on any atom is -0.396 e. The molecule has 0 amide bonds. The molecule has 0 aliphatic carbocycles. The van der Waals surface area contributed by atoms with Crippen molar-refractivity contribution in [2.75, 3.05) is 6.61 Å². The maximum Gasteiger partial charge on any atom is 0.123 e. The molecule has 2 rings (SSSR count). The Labute approximate surface area is 93.2 Å². The van der Waals surface area contributed by atoms with E-state index in [1.165, 1.54) is 12.1 Å². The zero-order chi connectivity index (χ0) is 11.4. The molecule has 0 atom stereocenters. The highest BCUT2D eigenvalue weighted by molar-refractivity contribution is 5.58. The van der Waals surface area contributed by atoms with Crippen molar-refractivity contribution in [1.29, 1.82) is 0 Å². The minimum absolute atomic E-state index is 0.158. The molecule has 16 heavy (non-hydrogen) atoms. The second-order valence-corrected chi connectivity index (χ2v) is 3.55. The Morgan fingerprint density at radius 3 is 2.62 bits per heavy atom. The number of aliphatic hydroxyl groups excluding tert-OH is 1. The topological polar surface area (TPSA) is 38.0 Å². The number of halogens is 1. The number of aryl methyl sites for hydroxylation is 1. The van der Waals surface area contributed by atoms with E-state index in [2.05, 4.69) is 5.10 Å². The molecule has 0 fully saturated rings. The first-order valence-corrected chi connectivity index (χ1v) is 5.20. The maximum absolute atomic E-state index is 12.7. The first-order valence-electron chi connectivity index (χ1n) is 5.20.